The maximum atomic E-state index is 5.03. The standard InChI is InChI=1S/C39H26N3S/c1-3-9-26(10-4-1)27-15-19-30(20-16-27)38-40-37(29-11-5-2-6-12-29)41-39(42-38)31-21-17-28(18-22-31)32-23-24-34-33-13-7-8-14-35(33)43-36(34)25-32/h1-25,38H/q-1. The second-order valence-corrected chi connectivity index (χ2v) is 11.7. The van der Waals surface area contributed by atoms with Gasteiger partial charge in [0.2, 0.25) is 0 Å². The van der Waals surface area contributed by atoms with Crippen LogP contribution in [0.3, 0.4) is 0 Å². The maximum absolute atomic E-state index is 5.03. The number of aliphatic imine (C=N–C) groups is 2. The van der Waals surface area contributed by atoms with Crippen LogP contribution in [0.2, 0.25) is 0 Å². The Morgan fingerprint density at radius 1 is 0.465 bits per heavy atom. The Morgan fingerprint density at radius 3 is 1.79 bits per heavy atom. The fourth-order valence-electron chi connectivity index (χ4n) is 5.63. The topological polar surface area (TPSA) is 38.8 Å². The van der Waals surface area contributed by atoms with E-state index in [1.807, 2.05) is 47.7 Å². The van der Waals surface area contributed by atoms with Crippen molar-refractivity contribution in [1.82, 2.24) is 0 Å². The Hall–Kier alpha value is -5.32. The lowest BCUT2D eigenvalue weighted by Gasteiger charge is -2.32. The van der Waals surface area contributed by atoms with Gasteiger partial charge in [0.05, 0.1) is 12.0 Å². The molecule has 0 amide bonds. The van der Waals surface area contributed by atoms with E-state index in [0.29, 0.717) is 11.7 Å². The number of thiophene rings is 1. The summed E-state index contributed by atoms with van der Waals surface area (Å²) in [5.74, 6) is 1.39. The minimum Gasteiger partial charge on any atom is -0.438 e. The third-order valence-electron chi connectivity index (χ3n) is 7.90. The number of benzene rings is 6. The monoisotopic (exact) mass is 568 g/mol. The van der Waals surface area contributed by atoms with E-state index in [4.69, 9.17) is 15.3 Å². The molecule has 0 radical (unpaired) electrons. The van der Waals surface area contributed by atoms with E-state index in [2.05, 4.69) is 115 Å². The summed E-state index contributed by atoms with van der Waals surface area (Å²) in [7, 11) is 0. The van der Waals surface area contributed by atoms with Crippen molar-refractivity contribution in [3.63, 3.8) is 0 Å². The summed E-state index contributed by atoms with van der Waals surface area (Å²) in [5, 5.41) is 7.61. The van der Waals surface area contributed by atoms with Crippen molar-refractivity contribution < 1.29 is 0 Å². The van der Waals surface area contributed by atoms with Gasteiger partial charge in [-0.2, -0.15) is 0 Å². The number of fused-ring (bicyclic) bond motifs is 3. The van der Waals surface area contributed by atoms with Gasteiger partial charge < -0.3 is 10.3 Å². The summed E-state index contributed by atoms with van der Waals surface area (Å²) in [6.45, 7) is 0. The first-order chi connectivity index (χ1) is 21.3. The fourth-order valence-corrected chi connectivity index (χ4v) is 6.77. The highest BCUT2D eigenvalue weighted by atomic mass is 32.1. The van der Waals surface area contributed by atoms with E-state index in [1.165, 1.54) is 42.4 Å². The van der Waals surface area contributed by atoms with Gasteiger partial charge in [0.15, 0.2) is 0 Å². The van der Waals surface area contributed by atoms with Crippen LogP contribution in [0, 0.1) is 0 Å². The molecule has 0 fully saturated rings. The fraction of sp³-hybridized carbons (Fsp3) is 0.0256. The van der Waals surface area contributed by atoms with Gasteiger partial charge in [-0.15, -0.1) is 11.3 Å². The summed E-state index contributed by atoms with van der Waals surface area (Å²) in [5.41, 5.74) is 7.73. The molecule has 1 aromatic heterocycles. The van der Waals surface area contributed by atoms with Crippen molar-refractivity contribution in [3.05, 3.63) is 174 Å². The molecule has 7 aromatic rings. The molecule has 1 atom stereocenters. The number of nitrogens with zero attached hydrogens (tertiary/aromatic N) is 3. The number of amidine groups is 2. The van der Waals surface area contributed by atoms with Gasteiger partial charge in [-0.3, -0.25) is 4.99 Å². The molecule has 8 rings (SSSR count). The zero-order valence-electron chi connectivity index (χ0n) is 23.3. The van der Waals surface area contributed by atoms with Crippen LogP contribution in [0.4, 0.5) is 0 Å². The molecule has 1 aliphatic heterocycles. The Labute approximate surface area is 254 Å². The predicted octanol–water partition coefficient (Wildman–Crippen LogP) is 10.7. The molecule has 4 heteroatoms. The summed E-state index contributed by atoms with van der Waals surface area (Å²) < 4.78 is 2.63. The number of hydrogen-bond donors (Lipinski definition) is 0. The van der Waals surface area contributed by atoms with Crippen molar-refractivity contribution >= 4 is 43.2 Å². The van der Waals surface area contributed by atoms with Crippen LogP contribution in [0.5, 0.6) is 0 Å². The first kappa shape index (κ1) is 25.4. The Bertz CT molecular complexity index is 2130. The minimum absolute atomic E-state index is 0.373. The third-order valence-corrected chi connectivity index (χ3v) is 9.04. The smallest absolute Gasteiger partial charge is 0.0822 e. The highest BCUT2D eigenvalue weighted by Gasteiger charge is 2.14. The van der Waals surface area contributed by atoms with Crippen LogP contribution in [0.25, 0.3) is 47.7 Å². The Morgan fingerprint density at radius 2 is 1.02 bits per heavy atom. The maximum Gasteiger partial charge on any atom is 0.0822 e. The van der Waals surface area contributed by atoms with Gasteiger partial charge in [0.1, 0.15) is 0 Å². The molecule has 43 heavy (non-hydrogen) atoms. The van der Waals surface area contributed by atoms with E-state index >= 15 is 0 Å². The molecule has 6 aromatic carbocycles. The van der Waals surface area contributed by atoms with Crippen LogP contribution in [0.1, 0.15) is 22.9 Å². The zero-order valence-corrected chi connectivity index (χ0v) is 24.1. The lowest BCUT2D eigenvalue weighted by molar-refractivity contribution is 0.878. The minimum atomic E-state index is -0.373. The van der Waals surface area contributed by atoms with Crippen LogP contribution in [-0.2, 0) is 0 Å². The van der Waals surface area contributed by atoms with E-state index < -0.39 is 0 Å². The Balaban J connectivity index is 1.13. The predicted molar refractivity (Wildman–Crippen MR) is 182 cm³/mol. The molecule has 204 valence electrons. The average molecular weight is 569 g/mol. The number of hydrogen-bond acceptors (Lipinski definition) is 3. The highest BCUT2D eigenvalue weighted by Crippen LogP contribution is 2.37. The molecule has 0 bridgehead atoms. The zero-order chi connectivity index (χ0) is 28.6. The van der Waals surface area contributed by atoms with Crippen molar-refractivity contribution in [2.45, 2.75) is 6.17 Å². The van der Waals surface area contributed by atoms with Crippen LogP contribution >= 0.6 is 11.3 Å². The lowest BCUT2D eigenvalue weighted by Crippen LogP contribution is -2.15. The van der Waals surface area contributed by atoms with Crippen molar-refractivity contribution in [3.8, 4) is 22.3 Å². The summed E-state index contributed by atoms with van der Waals surface area (Å²) in [4.78, 5) is 9.96. The molecule has 3 nitrogen and oxygen atoms in total. The van der Waals surface area contributed by atoms with Crippen molar-refractivity contribution in [2.24, 2.45) is 9.98 Å². The molecule has 1 unspecified atom stereocenters. The second kappa shape index (κ2) is 10.8. The molecule has 0 saturated carbocycles. The Kier molecular flexibility index (Phi) is 6.39. The summed E-state index contributed by atoms with van der Waals surface area (Å²) in [6, 6.07) is 53.0. The van der Waals surface area contributed by atoms with E-state index in [9.17, 15) is 0 Å². The molecule has 1 aliphatic rings. The normalized spacial score (nSPS) is 14.7. The molecule has 0 spiro atoms. The van der Waals surface area contributed by atoms with Gasteiger partial charge in [0, 0.05) is 20.2 Å². The molecule has 0 N–H and O–H groups in total. The number of rotatable bonds is 5. The van der Waals surface area contributed by atoms with Crippen LogP contribution in [-0.4, -0.2) is 11.7 Å². The molecule has 2 heterocycles. The first-order valence-corrected chi connectivity index (χ1v) is 15.2. The molecular weight excluding hydrogens is 543 g/mol. The van der Waals surface area contributed by atoms with E-state index in [1.54, 1.807) is 0 Å². The van der Waals surface area contributed by atoms with Gasteiger partial charge in [0.25, 0.3) is 0 Å². The average Bonchev–Trinajstić information content (AvgIpc) is 3.47. The highest BCUT2D eigenvalue weighted by molar-refractivity contribution is 7.25. The molecule has 0 aliphatic carbocycles. The largest absolute Gasteiger partial charge is 0.438 e. The van der Waals surface area contributed by atoms with Gasteiger partial charge in [-0.25, -0.2) is 0 Å². The van der Waals surface area contributed by atoms with E-state index in [0.717, 1.165) is 16.7 Å². The van der Waals surface area contributed by atoms with Gasteiger partial charge in [-0.05, 0) is 51.1 Å². The third kappa shape index (κ3) is 4.92. The molecular formula is C39H26N3S-. The van der Waals surface area contributed by atoms with Crippen LogP contribution < -0.4 is 0 Å². The van der Waals surface area contributed by atoms with Gasteiger partial charge >= 0.3 is 0 Å². The summed E-state index contributed by atoms with van der Waals surface area (Å²) >= 11 is 1.84. The SMILES string of the molecule is c1ccc(C2=NC(c3ccc(-c4ccc5c(c4)sc4ccccc45)cc3)=NC(c3ccc(-c4ccccc4)cc3)[N-]2)cc1. The van der Waals surface area contributed by atoms with Crippen molar-refractivity contribution in [1.29, 1.82) is 0 Å². The van der Waals surface area contributed by atoms with E-state index in [-0.39, 0.29) is 6.17 Å². The van der Waals surface area contributed by atoms with Gasteiger partial charge in [-0.1, -0.05) is 145 Å². The second-order valence-electron chi connectivity index (χ2n) is 10.6. The lowest BCUT2D eigenvalue weighted by atomic mass is 10.0. The van der Waals surface area contributed by atoms with Crippen LogP contribution in [0.15, 0.2) is 162 Å². The quantitative estimate of drug-likeness (QED) is 0.198. The first-order valence-electron chi connectivity index (χ1n) is 14.4. The van der Waals surface area contributed by atoms with Crippen molar-refractivity contribution in [2.75, 3.05) is 0 Å². The molecule has 0 saturated heterocycles. The summed E-state index contributed by atoms with van der Waals surface area (Å²) in [6.07, 6.45) is -0.373.